The van der Waals surface area contributed by atoms with E-state index in [0.717, 1.165) is 25.7 Å². The zero-order valence-corrected chi connectivity index (χ0v) is 17.6. The zero-order valence-electron chi connectivity index (χ0n) is 16.9. The maximum absolute atomic E-state index is 13.2. The molecule has 2 aliphatic rings. The molecule has 1 saturated carbocycles. The molecule has 1 aromatic heterocycles. The van der Waals surface area contributed by atoms with Gasteiger partial charge in [0.1, 0.15) is 0 Å². The SMILES string of the molecule is O=C(c1ccc(Cl)cc1)N1CCOC(CN(C(=O)c2cccnc2)C2CCCC2)C1. The summed E-state index contributed by atoms with van der Waals surface area (Å²) in [7, 11) is 0. The molecule has 1 aliphatic heterocycles. The van der Waals surface area contributed by atoms with Crippen molar-refractivity contribution in [1.82, 2.24) is 14.8 Å². The Labute approximate surface area is 181 Å². The molecule has 2 heterocycles. The summed E-state index contributed by atoms with van der Waals surface area (Å²) in [5, 5.41) is 0.604. The van der Waals surface area contributed by atoms with Crippen molar-refractivity contribution in [2.45, 2.75) is 37.8 Å². The highest BCUT2D eigenvalue weighted by Crippen LogP contribution is 2.26. The lowest BCUT2D eigenvalue weighted by molar-refractivity contribution is -0.0371. The minimum absolute atomic E-state index is 0.0141. The van der Waals surface area contributed by atoms with Crippen LogP contribution < -0.4 is 0 Å². The first-order valence-corrected chi connectivity index (χ1v) is 10.9. The van der Waals surface area contributed by atoms with Crippen LogP contribution in [0.25, 0.3) is 0 Å². The number of morpholine rings is 1. The summed E-state index contributed by atoms with van der Waals surface area (Å²) in [5.74, 6) is -0.0503. The molecular weight excluding hydrogens is 402 g/mol. The Hall–Kier alpha value is -2.44. The smallest absolute Gasteiger partial charge is 0.255 e. The predicted octanol–water partition coefficient (Wildman–Crippen LogP) is 3.66. The Morgan fingerprint density at radius 2 is 1.90 bits per heavy atom. The first-order valence-electron chi connectivity index (χ1n) is 10.5. The van der Waals surface area contributed by atoms with Gasteiger partial charge in [-0.05, 0) is 49.2 Å². The fourth-order valence-electron chi connectivity index (χ4n) is 4.28. The fourth-order valence-corrected chi connectivity index (χ4v) is 4.40. The number of hydrogen-bond donors (Lipinski definition) is 0. The number of carbonyl (C=O) groups is 2. The van der Waals surface area contributed by atoms with Gasteiger partial charge in [0.05, 0.1) is 18.3 Å². The molecule has 1 aromatic carbocycles. The van der Waals surface area contributed by atoms with Crippen molar-refractivity contribution < 1.29 is 14.3 Å². The molecule has 1 aliphatic carbocycles. The molecule has 1 unspecified atom stereocenters. The molecule has 7 heteroatoms. The van der Waals surface area contributed by atoms with Gasteiger partial charge >= 0.3 is 0 Å². The maximum atomic E-state index is 13.2. The van der Waals surface area contributed by atoms with Crippen molar-refractivity contribution in [1.29, 1.82) is 0 Å². The van der Waals surface area contributed by atoms with Crippen LogP contribution in [0.1, 0.15) is 46.4 Å². The Bertz CT molecular complexity index is 869. The third-order valence-corrected chi connectivity index (χ3v) is 6.10. The lowest BCUT2D eigenvalue weighted by Gasteiger charge is -2.38. The lowest BCUT2D eigenvalue weighted by Crippen LogP contribution is -2.52. The van der Waals surface area contributed by atoms with E-state index in [9.17, 15) is 9.59 Å². The number of carbonyl (C=O) groups excluding carboxylic acids is 2. The lowest BCUT2D eigenvalue weighted by atomic mass is 10.1. The normalized spacial score (nSPS) is 19.6. The van der Waals surface area contributed by atoms with Crippen LogP contribution >= 0.6 is 11.6 Å². The van der Waals surface area contributed by atoms with Gasteiger partial charge in [-0.2, -0.15) is 0 Å². The second-order valence-corrected chi connectivity index (χ2v) is 8.32. The van der Waals surface area contributed by atoms with E-state index in [2.05, 4.69) is 4.98 Å². The summed E-state index contributed by atoms with van der Waals surface area (Å²) in [5.41, 5.74) is 1.20. The van der Waals surface area contributed by atoms with Crippen LogP contribution in [0.5, 0.6) is 0 Å². The Morgan fingerprint density at radius 3 is 2.60 bits per heavy atom. The van der Waals surface area contributed by atoms with Gasteiger partial charge in [0.15, 0.2) is 0 Å². The first kappa shape index (κ1) is 20.8. The highest BCUT2D eigenvalue weighted by atomic mass is 35.5. The molecule has 30 heavy (non-hydrogen) atoms. The molecule has 2 fully saturated rings. The number of halogens is 1. The van der Waals surface area contributed by atoms with Gasteiger partial charge < -0.3 is 14.5 Å². The van der Waals surface area contributed by atoms with Crippen LogP contribution in [0.3, 0.4) is 0 Å². The van der Waals surface area contributed by atoms with Crippen LogP contribution in [-0.2, 0) is 4.74 Å². The van der Waals surface area contributed by atoms with E-state index in [-0.39, 0.29) is 24.0 Å². The monoisotopic (exact) mass is 427 g/mol. The van der Waals surface area contributed by atoms with Gasteiger partial charge in [-0.3, -0.25) is 14.6 Å². The maximum Gasteiger partial charge on any atom is 0.255 e. The second kappa shape index (κ2) is 9.58. The zero-order chi connectivity index (χ0) is 20.9. The fraction of sp³-hybridized carbons (Fsp3) is 0.435. The van der Waals surface area contributed by atoms with Crippen LogP contribution in [-0.4, -0.2) is 65.0 Å². The van der Waals surface area contributed by atoms with Gasteiger partial charge in [0.2, 0.25) is 0 Å². The molecule has 6 nitrogen and oxygen atoms in total. The molecule has 2 amide bonds. The van der Waals surface area contributed by atoms with Crippen LogP contribution in [0.4, 0.5) is 0 Å². The van der Waals surface area contributed by atoms with Crippen molar-refractivity contribution in [3.8, 4) is 0 Å². The number of benzene rings is 1. The van der Waals surface area contributed by atoms with E-state index in [1.807, 2.05) is 4.90 Å². The van der Waals surface area contributed by atoms with Crippen molar-refractivity contribution in [3.63, 3.8) is 0 Å². The molecule has 1 atom stereocenters. The first-order chi connectivity index (χ1) is 14.6. The molecule has 0 spiro atoms. The summed E-state index contributed by atoms with van der Waals surface area (Å²) in [6.07, 6.45) is 7.35. The number of hydrogen-bond acceptors (Lipinski definition) is 4. The molecule has 158 valence electrons. The van der Waals surface area contributed by atoms with E-state index in [1.165, 1.54) is 0 Å². The third kappa shape index (κ3) is 4.82. The van der Waals surface area contributed by atoms with Crippen molar-refractivity contribution in [2.24, 2.45) is 0 Å². The number of ether oxygens (including phenoxy) is 1. The highest BCUT2D eigenvalue weighted by Gasteiger charge is 2.33. The van der Waals surface area contributed by atoms with Gasteiger partial charge in [0.25, 0.3) is 11.8 Å². The Balaban J connectivity index is 1.46. The number of rotatable bonds is 5. The topological polar surface area (TPSA) is 62.7 Å². The molecule has 2 aromatic rings. The van der Waals surface area contributed by atoms with Gasteiger partial charge in [-0.15, -0.1) is 0 Å². The molecule has 0 radical (unpaired) electrons. The van der Waals surface area contributed by atoms with Crippen molar-refractivity contribution in [3.05, 3.63) is 64.9 Å². The Kier molecular flexibility index (Phi) is 6.65. The van der Waals surface area contributed by atoms with Crippen molar-refractivity contribution >= 4 is 23.4 Å². The van der Waals surface area contributed by atoms with Gasteiger partial charge in [-0.1, -0.05) is 24.4 Å². The molecule has 4 rings (SSSR count). The van der Waals surface area contributed by atoms with Crippen LogP contribution in [0.15, 0.2) is 48.8 Å². The van der Waals surface area contributed by atoms with Crippen LogP contribution in [0.2, 0.25) is 5.02 Å². The second-order valence-electron chi connectivity index (χ2n) is 7.89. The standard InChI is InChI=1S/C23H26ClN3O3/c24-19-9-7-17(8-10-19)22(28)26-12-13-30-21(15-26)16-27(20-5-1-2-6-20)23(29)18-4-3-11-25-14-18/h3-4,7-11,14,20-21H,1-2,5-6,12-13,15-16H2. The largest absolute Gasteiger partial charge is 0.373 e. The summed E-state index contributed by atoms with van der Waals surface area (Å²) < 4.78 is 5.96. The minimum Gasteiger partial charge on any atom is -0.373 e. The Morgan fingerprint density at radius 1 is 1.13 bits per heavy atom. The predicted molar refractivity (Wildman–Crippen MR) is 115 cm³/mol. The highest BCUT2D eigenvalue weighted by molar-refractivity contribution is 6.30. The van der Waals surface area contributed by atoms with Gasteiger partial charge in [0, 0.05) is 48.7 Å². The number of pyridine rings is 1. The summed E-state index contributed by atoms with van der Waals surface area (Å²) in [4.78, 5) is 33.9. The number of amides is 2. The molecule has 0 N–H and O–H groups in total. The van der Waals surface area contributed by atoms with E-state index in [4.69, 9.17) is 16.3 Å². The summed E-state index contributed by atoms with van der Waals surface area (Å²) in [6.45, 7) is 1.94. The minimum atomic E-state index is -0.212. The quantitative estimate of drug-likeness (QED) is 0.730. The van der Waals surface area contributed by atoms with E-state index < -0.39 is 0 Å². The number of aromatic nitrogens is 1. The third-order valence-electron chi connectivity index (χ3n) is 5.85. The van der Waals surface area contributed by atoms with Crippen molar-refractivity contribution in [2.75, 3.05) is 26.2 Å². The molecule has 0 bridgehead atoms. The molecule has 1 saturated heterocycles. The average molecular weight is 428 g/mol. The van der Waals surface area contributed by atoms with E-state index >= 15 is 0 Å². The molecular formula is C23H26ClN3O3. The number of nitrogens with zero attached hydrogens (tertiary/aromatic N) is 3. The summed E-state index contributed by atoms with van der Waals surface area (Å²) in [6, 6.07) is 10.7. The van der Waals surface area contributed by atoms with E-state index in [1.54, 1.807) is 53.7 Å². The summed E-state index contributed by atoms with van der Waals surface area (Å²) >= 11 is 5.94. The van der Waals surface area contributed by atoms with Crippen LogP contribution in [0, 0.1) is 0 Å². The average Bonchev–Trinajstić information content (AvgIpc) is 3.32. The van der Waals surface area contributed by atoms with Gasteiger partial charge in [-0.25, -0.2) is 0 Å². The van der Waals surface area contributed by atoms with E-state index in [0.29, 0.717) is 42.4 Å².